The first-order valence-corrected chi connectivity index (χ1v) is 8.45. The molecule has 8 heteroatoms. The normalized spacial score (nSPS) is 15.2. The predicted octanol–water partition coefficient (Wildman–Crippen LogP) is 1.47. The zero-order valence-corrected chi connectivity index (χ0v) is 14.7. The molecule has 1 aliphatic heterocycles. The Labute approximate surface area is 151 Å². The van der Waals surface area contributed by atoms with Crippen molar-refractivity contribution in [1.29, 1.82) is 0 Å². The summed E-state index contributed by atoms with van der Waals surface area (Å²) in [5, 5.41) is 7.36. The number of halogens is 1. The number of aromatic nitrogens is 2. The van der Waals surface area contributed by atoms with Gasteiger partial charge in [0.2, 0.25) is 5.91 Å². The fraction of sp³-hybridized carbons (Fsp3) is 0.353. The highest BCUT2D eigenvalue weighted by Gasteiger charge is 2.24. The van der Waals surface area contributed by atoms with Crippen molar-refractivity contribution in [3.05, 3.63) is 47.2 Å². The second-order valence-electron chi connectivity index (χ2n) is 6.00. The second-order valence-corrected chi connectivity index (χ2v) is 6.41. The molecule has 1 aromatic heterocycles. The molecule has 25 heavy (non-hydrogen) atoms. The van der Waals surface area contributed by atoms with Gasteiger partial charge in [0, 0.05) is 39.4 Å². The van der Waals surface area contributed by atoms with Crippen molar-refractivity contribution in [2.24, 2.45) is 7.05 Å². The molecular weight excluding hydrogens is 342 g/mol. The lowest BCUT2D eigenvalue weighted by molar-refractivity contribution is -0.117. The SMILES string of the molecule is Cn1cc(C(=O)N2CCN(CC(=O)Nc3ccccc3Cl)CC2)cn1. The van der Waals surface area contributed by atoms with Crippen molar-refractivity contribution >= 4 is 29.1 Å². The smallest absolute Gasteiger partial charge is 0.257 e. The quantitative estimate of drug-likeness (QED) is 0.895. The Morgan fingerprint density at radius 2 is 1.92 bits per heavy atom. The maximum absolute atomic E-state index is 12.4. The number of piperazine rings is 1. The van der Waals surface area contributed by atoms with Crippen LogP contribution in [0.3, 0.4) is 0 Å². The van der Waals surface area contributed by atoms with Crippen molar-refractivity contribution in [2.45, 2.75) is 0 Å². The monoisotopic (exact) mass is 361 g/mol. The number of benzene rings is 1. The highest BCUT2D eigenvalue weighted by Crippen LogP contribution is 2.20. The van der Waals surface area contributed by atoms with Crippen LogP contribution in [0.25, 0.3) is 0 Å². The maximum atomic E-state index is 12.4. The van der Waals surface area contributed by atoms with E-state index in [0.29, 0.717) is 42.5 Å². The third-order valence-electron chi connectivity index (χ3n) is 4.13. The van der Waals surface area contributed by atoms with Gasteiger partial charge in [-0.25, -0.2) is 0 Å². The highest BCUT2D eigenvalue weighted by molar-refractivity contribution is 6.33. The number of carbonyl (C=O) groups is 2. The number of aryl methyl sites for hydroxylation is 1. The largest absolute Gasteiger partial charge is 0.336 e. The number of hydrogen-bond donors (Lipinski definition) is 1. The van der Waals surface area contributed by atoms with Crippen LogP contribution >= 0.6 is 11.6 Å². The van der Waals surface area contributed by atoms with Crippen molar-refractivity contribution in [3.8, 4) is 0 Å². The van der Waals surface area contributed by atoms with Crippen molar-refractivity contribution in [3.63, 3.8) is 0 Å². The molecule has 0 aliphatic carbocycles. The van der Waals surface area contributed by atoms with E-state index < -0.39 is 0 Å². The standard InChI is InChI=1S/C17H20ClN5O2/c1-21-11-13(10-19-21)17(25)23-8-6-22(7-9-23)12-16(24)20-15-5-3-2-4-14(15)18/h2-5,10-11H,6-9,12H2,1H3,(H,20,24). The molecule has 1 fully saturated rings. The van der Waals surface area contributed by atoms with E-state index in [1.165, 1.54) is 0 Å². The zero-order valence-electron chi connectivity index (χ0n) is 14.0. The topological polar surface area (TPSA) is 70.5 Å². The summed E-state index contributed by atoms with van der Waals surface area (Å²) in [6.45, 7) is 2.77. The van der Waals surface area contributed by atoms with Crippen molar-refractivity contribution in [1.82, 2.24) is 19.6 Å². The molecular formula is C17H20ClN5O2. The third kappa shape index (κ3) is 4.37. The molecule has 2 aromatic rings. The molecule has 3 rings (SSSR count). The summed E-state index contributed by atoms with van der Waals surface area (Å²) in [5.41, 5.74) is 1.20. The van der Waals surface area contributed by atoms with Gasteiger partial charge >= 0.3 is 0 Å². The summed E-state index contributed by atoms with van der Waals surface area (Å²) in [5.74, 6) is -0.131. The Bertz CT molecular complexity index is 768. The van der Waals surface area contributed by atoms with Crippen LogP contribution in [-0.4, -0.2) is 64.1 Å². The molecule has 2 heterocycles. The van der Waals surface area contributed by atoms with Crippen LogP contribution in [0.15, 0.2) is 36.7 Å². The maximum Gasteiger partial charge on any atom is 0.257 e. The molecule has 1 aliphatic rings. The highest BCUT2D eigenvalue weighted by atomic mass is 35.5. The lowest BCUT2D eigenvalue weighted by Gasteiger charge is -2.34. The van der Waals surface area contributed by atoms with Gasteiger partial charge in [0.05, 0.1) is 29.0 Å². The molecule has 0 bridgehead atoms. The summed E-state index contributed by atoms with van der Waals surface area (Å²) >= 11 is 6.05. The first-order chi connectivity index (χ1) is 12.0. The van der Waals surface area contributed by atoms with E-state index in [0.717, 1.165) is 0 Å². The van der Waals surface area contributed by atoms with Crippen LogP contribution in [0.4, 0.5) is 5.69 Å². The van der Waals surface area contributed by atoms with Crippen LogP contribution in [0, 0.1) is 0 Å². The van der Waals surface area contributed by atoms with Crippen molar-refractivity contribution in [2.75, 3.05) is 38.0 Å². The van der Waals surface area contributed by atoms with Gasteiger partial charge in [-0.05, 0) is 12.1 Å². The molecule has 0 unspecified atom stereocenters. The molecule has 0 saturated carbocycles. The van der Waals surface area contributed by atoms with E-state index >= 15 is 0 Å². The summed E-state index contributed by atoms with van der Waals surface area (Å²) in [7, 11) is 1.78. The van der Waals surface area contributed by atoms with E-state index in [1.54, 1.807) is 41.2 Å². The number of nitrogens with zero attached hydrogens (tertiary/aromatic N) is 4. The number of amides is 2. The predicted molar refractivity (Wildman–Crippen MR) is 95.6 cm³/mol. The molecule has 1 aromatic carbocycles. The Hall–Kier alpha value is -2.38. The Morgan fingerprint density at radius 1 is 1.20 bits per heavy atom. The number of hydrogen-bond acceptors (Lipinski definition) is 4. The zero-order chi connectivity index (χ0) is 17.8. The summed E-state index contributed by atoms with van der Waals surface area (Å²) in [6, 6.07) is 7.14. The van der Waals surface area contributed by atoms with E-state index in [4.69, 9.17) is 11.6 Å². The first-order valence-electron chi connectivity index (χ1n) is 8.07. The summed E-state index contributed by atoms with van der Waals surface area (Å²) in [6.07, 6.45) is 3.29. The van der Waals surface area contributed by atoms with Crippen LogP contribution in [-0.2, 0) is 11.8 Å². The number of carbonyl (C=O) groups excluding carboxylic acids is 2. The van der Waals surface area contributed by atoms with Gasteiger partial charge in [-0.1, -0.05) is 23.7 Å². The number of anilines is 1. The van der Waals surface area contributed by atoms with Crippen LogP contribution < -0.4 is 5.32 Å². The number of para-hydroxylation sites is 1. The average Bonchev–Trinajstić information content (AvgIpc) is 3.03. The summed E-state index contributed by atoms with van der Waals surface area (Å²) < 4.78 is 1.61. The minimum atomic E-state index is -0.111. The first kappa shape index (κ1) is 17.4. The lowest BCUT2D eigenvalue weighted by atomic mass is 10.2. The van der Waals surface area contributed by atoms with E-state index in [1.807, 2.05) is 17.0 Å². The number of nitrogens with one attached hydrogen (secondary N) is 1. The summed E-state index contributed by atoms with van der Waals surface area (Å²) in [4.78, 5) is 28.4. The number of rotatable bonds is 4. The molecule has 0 spiro atoms. The van der Waals surface area contributed by atoms with Gasteiger partial charge in [0.1, 0.15) is 0 Å². The average molecular weight is 362 g/mol. The Morgan fingerprint density at radius 3 is 2.56 bits per heavy atom. The molecule has 0 radical (unpaired) electrons. The van der Waals surface area contributed by atoms with Gasteiger partial charge in [0.25, 0.3) is 5.91 Å². The molecule has 2 amide bonds. The molecule has 0 atom stereocenters. The third-order valence-corrected chi connectivity index (χ3v) is 4.46. The van der Waals surface area contributed by atoms with Crippen LogP contribution in [0.1, 0.15) is 10.4 Å². The van der Waals surface area contributed by atoms with Crippen LogP contribution in [0.5, 0.6) is 0 Å². The molecule has 1 saturated heterocycles. The van der Waals surface area contributed by atoms with Gasteiger partial charge < -0.3 is 10.2 Å². The van der Waals surface area contributed by atoms with Crippen molar-refractivity contribution < 1.29 is 9.59 Å². The van der Waals surface area contributed by atoms with Gasteiger partial charge in [0.15, 0.2) is 0 Å². The van der Waals surface area contributed by atoms with Gasteiger partial charge in [-0.15, -0.1) is 0 Å². The fourth-order valence-electron chi connectivity index (χ4n) is 2.78. The Balaban J connectivity index is 1.48. The van der Waals surface area contributed by atoms with Gasteiger partial charge in [-0.3, -0.25) is 19.2 Å². The molecule has 7 nitrogen and oxygen atoms in total. The van der Waals surface area contributed by atoms with Gasteiger partial charge in [-0.2, -0.15) is 5.10 Å². The molecule has 1 N–H and O–H groups in total. The minimum absolute atomic E-state index is 0.0201. The van der Waals surface area contributed by atoms with E-state index in [-0.39, 0.29) is 18.4 Å². The fourth-order valence-corrected chi connectivity index (χ4v) is 2.96. The minimum Gasteiger partial charge on any atom is -0.336 e. The second kappa shape index (κ2) is 7.67. The van der Waals surface area contributed by atoms with Crippen LogP contribution in [0.2, 0.25) is 5.02 Å². The van der Waals surface area contributed by atoms with E-state index in [2.05, 4.69) is 10.4 Å². The van der Waals surface area contributed by atoms with E-state index in [9.17, 15) is 9.59 Å². The Kier molecular flexibility index (Phi) is 5.35. The molecule has 132 valence electrons. The lowest BCUT2D eigenvalue weighted by Crippen LogP contribution is -2.50.